The highest BCUT2D eigenvalue weighted by Crippen LogP contribution is 2.17. The van der Waals surface area contributed by atoms with Crippen molar-refractivity contribution in [3.8, 4) is 0 Å². The molecule has 1 aromatic carbocycles. The van der Waals surface area contributed by atoms with E-state index in [9.17, 15) is 14.7 Å². The molecule has 1 N–H and O–H groups in total. The van der Waals surface area contributed by atoms with Crippen LogP contribution in [0.15, 0.2) is 30.3 Å². The number of aryl methyl sites for hydroxylation is 1. The van der Waals surface area contributed by atoms with Crippen molar-refractivity contribution in [2.45, 2.75) is 25.8 Å². The Morgan fingerprint density at radius 2 is 2.00 bits per heavy atom. The normalized spacial score (nSPS) is 11.9. The third kappa shape index (κ3) is 3.48. The molecule has 0 bridgehead atoms. The molecule has 2 rings (SSSR count). The second-order valence-corrected chi connectivity index (χ2v) is 5.62. The number of carbonyl (C=O) groups excluding carboxylic acids is 1. The van der Waals surface area contributed by atoms with Gasteiger partial charge in [0.25, 0.3) is 5.91 Å². The molecular weight excluding hydrogens is 302 g/mol. The number of hydrogen-bond acceptors (Lipinski definition) is 5. The number of nitrogens with zero attached hydrogens (tertiary/aromatic N) is 3. The van der Waals surface area contributed by atoms with Crippen molar-refractivity contribution in [3.05, 3.63) is 46.5 Å². The number of likely N-dealkylation sites (N-methyl/N-ethyl adjacent to an activating group) is 1. The maximum absolute atomic E-state index is 12.5. The van der Waals surface area contributed by atoms with Crippen molar-refractivity contribution in [1.82, 2.24) is 14.5 Å². The van der Waals surface area contributed by atoms with Crippen LogP contribution in [0.3, 0.4) is 0 Å². The highest BCUT2D eigenvalue weighted by Gasteiger charge is 2.29. The number of carboxylic acids is 1. The van der Waals surface area contributed by atoms with Crippen LogP contribution in [0.5, 0.6) is 0 Å². The van der Waals surface area contributed by atoms with E-state index in [-0.39, 0.29) is 12.3 Å². The molecular formula is C15H17N3O3S. The molecule has 2 aromatic rings. The van der Waals surface area contributed by atoms with Gasteiger partial charge in [0.1, 0.15) is 10.9 Å². The summed E-state index contributed by atoms with van der Waals surface area (Å²) in [5.74, 6) is -1.38. The number of aliphatic carboxylic acids is 1. The minimum Gasteiger partial charge on any atom is -0.480 e. The minimum atomic E-state index is -1.03. The Hall–Kier alpha value is -2.28. The molecule has 1 heterocycles. The van der Waals surface area contributed by atoms with Crippen molar-refractivity contribution in [2.75, 3.05) is 7.05 Å². The van der Waals surface area contributed by atoms with E-state index in [1.807, 2.05) is 37.3 Å². The number of aromatic nitrogens is 2. The zero-order chi connectivity index (χ0) is 16.1. The Bertz CT molecular complexity index is 657. The monoisotopic (exact) mass is 319 g/mol. The van der Waals surface area contributed by atoms with Crippen LogP contribution < -0.4 is 0 Å². The van der Waals surface area contributed by atoms with Crippen LogP contribution in [-0.4, -0.2) is 44.6 Å². The van der Waals surface area contributed by atoms with Gasteiger partial charge in [0.2, 0.25) is 0 Å². The van der Waals surface area contributed by atoms with Gasteiger partial charge in [0, 0.05) is 13.5 Å². The lowest BCUT2D eigenvalue weighted by atomic mass is 10.0. The van der Waals surface area contributed by atoms with Crippen LogP contribution >= 0.6 is 11.5 Å². The zero-order valence-electron chi connectivity index (χ0n) is 12.4. The Morgan fingerprint density at radius 1 is 1.32 bits per heavy atom. The highest BCUT2D eigenvalue weighted by atomic mass is 32.1. The minimum absolute atomic E-state index is 0.256. The van der Waals surface area contributed by atoms with Crippen LogP contribution in [0.25, 0.3) is 0 Å². The first-order chi connectivity index (χ1) is 10.5. The first kappa shape index (κ1) is 16.1. The van der Waals surface area contributed by atoms with E-state index >= 15 is 0 Å². The van der Waals surface area contributed by atoms with Crippen molar-refractivity contribution in [3.63, 3.8) is 0 Å². The van der Waals surface area contributed by atoms with Crippen LogP contribution in [0.1, 0.15) is 27.9 Å². The predicted molar refractivity (Wildman–Crippen MR) is 83.0 cm³/mol. The van der Waals surface area contributed by atoms with Crippen LogP contribution in [0, 0.1) is 0 Å². The molecule has 0 fully saturated rings. The summed E-state index contributed by atoms with van der Waals surface area (Å²) < 4.78 is 3.78. The summed E-state index contributed by atoms with van der Waals surface area (Å²) in [5.41, 5.74) is 1.47. The average Bonchev–Trinajstić information content (AvgIpc) is 3.00. The lowest BCUT2D eigenvalue weighted by Crippen LogP contribution is -2.43. The van der Waals surface area contributed by atoms with Gasteiger partial charge >= 0.3 is 5.97 Å². The van der Waals surface area contributed by atoms with Gasteiger partial charge in [-0.2, -0.15) is 0 Å². The number of amides is 1. The maximum atomic E-state index is 12.5. The van der Waals surface area contributed by atoms with Gasteiger partial charge < -0.3 is 10.0 Å². The Balaban J connectivity index is 2.21. The van der Waals surface area contributed by atoms with Gasteiger partial charge in [-0.25, -0.2) is 4.79 Å². The van der Waals surface area contributed by atoms with Crippen LogP contribution in [0.2, 0.25) is 0 Å². The van der Waals surface area contributed by atoms with E-state index in [1.54, 1.807) is 0 Å². The molecule has 0 saturated heterocycles. The van der Waals surface area contributed by atoms with Gasteiger partial charge in [-0.3, -0.25) is 4.79 Å². The molecule has 1 unspecified atom stereocenters. The molecule has 7 heteroatoms. The number of carbonyl (C=O) groups is 2. The van der Waals surface area contributed by atoms with E-state index < -0.39 is 12.0 Å². The number of carboxylic acid groups (broad SMARTS) is 1. The number of rotatable bonds is 6. The fraction of sp³-hybridized carbons (Fsp3) is 0.333. The molecule has 0 saturated carbocycles. The van der Waals surface area contributed by atoms with Gasteiger partial charge in [0.05, 0.1) is 5.69 Å². The second kappa shape index (κ2) is 7.13. The van der Waals surface area contributed by atoms with Crippen molar-refractivity contribution < 1.29 is 14.7 Å². The summed E-state index contributed by atoms with van der Waals surface area (Å²) in [6.07, 6.45) is 0.841. The molecule has 0 aliphatic rings. The van der Waals surface area contributed by atoms with E-state index in [1.165, 1.54) is 11.9 Å². The van der Waals surface area contributed by atoms with Crippen LogP contribution in [-0.2, 0) is 17.6 Å². The standard InChI is InChI=1S/C15H17N3O3S/c1-3-11-13(22-17-16-11)14(19)18(2)12(15(20)21)9-10-7-5-4-6-8-10/h4-8,12H,3,9H2,1-2H3,(H,20,21). The summed E-state index contributed by atoms with van der Waals surface area (Å²) >= 11 is 1.00. The van der Waals surface area contributed by atoms with E-state index in [0.29, 0.717) is 17.0 Å². The average molecular weight is 319 g/mol. The lowest BCUT2D eigenvalue weighted by molar-refractivity contribution is -0.141. The molecule has 6 nitrogen and oxygen atoms in total. The Labute approximate surface area is 132 Å². The molecule has 0 aliphatic heterocycles. The molecule has 1 aromatic heterocycles. The SMILES string of the molecule is CCc1nnsc1C(=O)N(C)C(Cc1ccccc1)C(=O)O. The highest BCUT2D eigenvalue weighted by molar-refractivity contribution is 7.08. The second-order valence-electron chi connectivity index (χ2n) is 4.86. The Morgan fingerprint density at radius 3 is 2.59 bits per heavy atom. The van der Waals surface area contributed by atoms with Gasteiger partial charge in [-0.1, -0.05) is 41.7 Å². The fourth-order valence-corrected chi connectivity index (χ4v) is 2.86. The summed E-state index contributed by atoms with van der Waals surface area (Å²) in [4.78, 5) is 25.7. The first-order valence-electron chi connectivity index (χ1n) is 6.89. The fourth-order valence-electron chi connectivity index (χ4n) is 2.13. The quantitative estimate of drug-likeness (QED) is 0.879. The summed E-state index contributed by atoms with van der Waals surface area (Å²) in [5, 5.41) is 13.4. The molecule has 0 spiro atoms. The first-order valence-corrected chi connectivity index (χ1v) is 7.67. The van der Waals surface area contributed by atoms with Crippen molar-refractivity contribution >= 4 is 23.4 Å². The molecule has 116 valence electrons. The Kier molecular flexibility index (Phi) is 5.21. The maximum Gasteiger partial charge on any atom is 0.326 e. The number of hydrogen-bond donors (Lipinski definition) is 1. The van der Waals surface area contributed by atoms with Gasteiger partial charge in [0.15, 0.2) is 0 Å². The third-order valence-electron chi connectivity index (χ3n) is 3.43. The smallest absolute Gasteiger partial charge is 0.326 e. The number of benzene rings is 1. The van der Waals surface area contributed by atoms with E-state index in [4.69, 9.17) is 0 Å². The molecule has 0 radical (unpaired) electrons. The summed E-state index contributed by atoms with van der Waals surface area (Å²) in [6.45, 7) is 1.88. The molecule has 22 heavy (non-hydrogen) atoms. The van der Waals surface area contributed by atoms with Crippen LogP contribution in [0.4, 0.5) is 0 Å². The lowest BCUT2D eigenvalue weighted by Gasteiger charge is -2.24. The van der Waals surface area contributed by atoms with Gasteiger partial charge in [-0.05, 0) is 23.5 Å². The summed E-state index contributed by atoms with van der Waals surface area (Å²) in [6, 6.07) is 8.32. The van der Waals surface area contributed by atoms with E-state index in [2.05, 4.69) is 9.59 Å². The van der Waals surface area contributed by atoms with Crippen molar-refractivity contribution in [1.29, 1.82) is 0 Å². The third-order valence-corrected chi connectivity index (χ3v) is 4.19. The van der Waals surface area contributed by atoms with Gasteiger partial charge in [-0.15, -0.1) is 5.10 Å². The predicted octanol–water partition coefficient (Wildman–Crippen LogP) is 1.87. The topological polar surface area (TPSA) is 83.4 Å². The van der Waals surface area contributed by atoms with E-state index in [0.717, 1.165) is 17.1 Å². The largest absolute Gasteiger partial charge is 0.480 e. The summed E-state index contributed by atoms with van der Waals surface area (Å²) in [7, 11) is 1.50. The zero-order valence-corrected chi connectivity index (χ0v) is 13.2. The molecule has 0 aliphatic carbocycles. The molecule has 1 amide bonds. The van der Waals surface area contributed by atoms with Crippen molar-refractivity contribution in [2.24, 2.45) is 0 Å². The molecule has 1 atom stereocenters.